The summed E-state index contributed by atoms with van der Waals surface area (Å²) in [5.74, 6) is 0. The van der Waals surface area contributed by atoms with Crippen LogP contribution in [0.2, 0.25) is 0 Å². The molecule has 5 rings (SSSR count). The van der Waals surface area contributed by atoms with Gasteiger partial charge in [-0.3, -0.25) is 4.98 Å². The third-order valence-electron chi connectivity index (χ3n) is 4.53. The Morgan fingerprint density at radius 1 is 0.792 bits per heavy atom. The van der Waals surface area contributed by atoms with Crippen molar-refractivity contribution in [2.75, 3.05) is 0 Å². The predicted molar refractivity (Wildman–Crippen MR) is 104 cm³/mol. The highest BCUT2D eigenvalue weighted by Gasteiger charge is 2.13. The molecule has 114 valence electrons. The van der Waals surface area contributed by atoms with Crippen molar-refractivity contribution in [1.29, 1.82) is 0 Å². The number of hydrogen-bond donors (Lipinski definition) is 1. The topological polar surface area (TPSA) is 28.7 Å². The Morgan fingerprint density at radius 3 is 2.62 bits per heavy atom. The van der Waals surface area contributed by atoms with Crippen LogP contribution >= 0.6 is 15.9 Å². The van der Waals surface area contributed by atoms with Crippen LogP contribution in [0.25, 0.3) is 43.8 Å². The second-order valence-corrected chi connectivity index (χ2v) is 6.84. The molecule has 0 aliphatic carbocycles. The van der Waals surface area contributed by atoms with Crippen LogP contribution in [0.3, 0.4) is 0 Å². The SMILES string of the molecule is Brc1ccc2[nH]c3c(-c4cccc5ccccc45)nccc3c2c1. The first-order valence-corrected chi connectivity index (χ1v) is 8.65. The molecule has 3 heteroatoms. The Morgan fingerprint density at radius 2 is 1.67 bits per heavy atom. The van der Waals surface area contributed by atoms with Gasteiger partial charge in [0.25, 0.3) is 0 Å². The van der Waals surface area contributed by atoms with E-state index in [4.69, 9.17) is 4.98 Å². The number of hydrogen-bond acceptors (Lipinski definition) is 1. The number of aromatic amines is 1. The first-order valence-electron chi connectivity index (χ1n) is 7.85. The lowest BCUT2D eigenvalue weighted by molar-refractivity contribution is 1.35. The van der Waals surface area contributed by atoms with Gasteiger partial charge < -0.3 is 4.98 Å². The molecule has 0 fully saturated rings. The maximum atomic E-state index is 4.70. The number of nitrogens with zero attached hydrogens (tertiary/aromatic N) is 1. The molecule has 0 aliphatic heterocycles. The number of pyridine rings is 1. The van der Waals surface area contributed by atoms with E-state index in [9.17, 15) is 0 Å². The molecule has 0 atom stereocenters. The van der Waals surface area contributed by atoms with Crippen LogP contribution in [0.1, 0.15) is 0 Å². The van der Waals surface area contributed by atoms with Crippen molar-refractivity contribution in [3.63, 3.8) is 0 Å². The van der Waals surface area contributed by atoms with Gasteiger partial charge in [0, 0.05) is 32.5 Å². The number of H-pyrrole nitrogens is 1. The van der Waals surface area contributed by atoms with Gasteiger partial charge in [-0.2, -0.15) is 0 Å². The maximum Gasteiger partial charge on any atom is 0.0949 e. The van der Waals surface area contributed by atoms with Gasteiger partial charge in [-0.25, -0.2) is 0 Å². The van der Waals surface area contributed by atoms with E-state index in [1.54, 1.807) is 0 Å². The number of nitrogens with one attached hydrogen (secondary N) is 1. The molecule has 0 spiro atoms. The lowest BCUT2D eigenvalue weighted by atomic mass is 10.0. The lowest BCUT2D eigenvalue weighted by Gasteiger charge is -2.07. The molecule has 0 radical (unpaired) electrons. The molecule has 3 aromatic carbocycles. The lowest BCUT2D eigenvalue weighted by Crippen LogP contribution is -1.87. The average molecular weight is 373 g/mol. The van der Waals surface area contributed by atoms with E-state index in [-0.39, 0.29) is 0 Å². The third-order valence-corrected chi connectivity index (χ3v) is 5.02. The quantitative estimate of drug-likeness (QED) is 0.367. The standard InChI is InChI=1S/C21H13BrN2/c22-14-8-9-19-18(12-14)17-10-11-23-20(21(17)24-19)16-7-3-5-13-4-1-2-6-15(13)16/h1-12,24H. The van der Waals surface area contributed by atoms with E-state index in [1.165, 1.54) is 21.5 Å². The fourth-order valence-corrected chi connectivity index (χ4v) is 3.79. The van der Waals surface area contributed by atoms with Crippen molar-refractivity contribution in [3.05, 3.63) is 77.4 Å². The first kappa shape index (κ1) is 13.8. The van der Waals surface area contributed by atoms with Gasteiger partial charge in [0.1, 0.15) is 0 Å². The second kappa shape index (κ2) is 5.18. The third kappa shape index (κ3) is 1.98. The van der Waals surface area contributed by atoms with Crippen molar-refractivity contribution in [2.24, 2.45) is 0 Å². The van der Waals surface area contributed by atoms with E-state index < -0.39 is 0 Å². The molecule has 2 nitrogen and oxygen atoms in total. The minimum atomic E-state index is 0.997. The molecule has 0 aliphatic rings. The summed E-state index contributed by atoms with van der Waals surface area (Å²) in [6, 6.07) is 23.2. The maximum absolute atomic E-state index is 4.70. The van der Waals surface area contributed by atoms with E-state index in [2.05, 4.69) is 87.6 Å². The molecular weight excluding hydrogens is 360 g/mol. The molecule has 5 aromatic rings. The predicted octanol–water partition coefficient (Wildman–Crippen LogP) is 6.30. The molecule has 0 bridgehead atoms. The van der Waals surface area contributed by atoms with E-state index in [0.29, 0.717) is 0 Å². The minimum Gasteiger partial charge on any atom is -0.353 e. The summed E-state index contributed by atoms with van der Waals surface area (Å²) in [5, 5.41) is 4.86. The van der Waals surface area contributed by atoms with Gasteiger partial charge in [-0.1, -0.05) is 58.4 Å². The average Bonchev–Trinajstić information content (AvgIpc) is 2.99. The monoisotopic (exact) mass is 372 g/mol. The molecule has 2 aromatic heterocycles. The molecule has 0 amide bonds. The van der Waals surface area contributed by atoms with Gasteiger partial charge in [-0.15, -0.1) is 0 Å². The molecular formula is C21H13BrN2. The fraction of sp³-hybridized carbons (Fsp3) is 0. The summed E-state index contributed by atoms with van der Waals surface area (Å²) in [5.41, 5.74) is 4.37. The Labute approximate surface area is 147 Å². The highest BCUT2D eigenvalue weighted by Crippen LogP contribution is 2.35. The smallest absolute Gasteiger partial charge is 0.0949 e. The van der Waals surface area contributed by atoms with Crippen LogP contribution in [0.5, 0.6) is 0 Å². The molecule has 2 heterocycles. The highest BCUT2D eigenvalue weighted by atomic mass is 79.9. The summed E-state index contributed by atoms with van der Waals surface area (Å²) in [4.78, 5) is 8.26. The highest BCUT2D eigenvalue weighted by molar-refractivity contribution is 9.10. The zero-order chi connectivity index (χ0) is 16.1. The van der Waals surface area contributed by atoms with Crippen molar-refractivity contribution < 1.29 is 0 Å². The zero-order valence-corrected chi connectivity index (χ0v) is 14.3. The van der Waals surface area contributed by atoms with Gasteiger partial charge in [0.05, 0.1) is 11.2 Å². The number of aromatic nitrogens is 2. The number of halogens is 1. The molecule has 1 N–H and O–H groups in total. The number of fused-ring (bicyclic) bond motifs is 4. The Bertz CT molecular complexity index is 1220. The van der Waals surface area contributed by atoms with Crippen LogP contribution in [0, 0.1) is 0 Å². The van der Waals surface area contributed by atoms with Crippen LogP contribution in [0.4, 0.5) is 0 Å². The van der Waals surface area contributed by atoms with Crippen molar-refractivity contribution in [1.82, 2.24) is 9.97 Å². The van der Waals surface area contributed by atoms with Crippen LogP contribution in [-0.4, -0.2) is 9.97 Å². The summed E-state index contributed by atoms with van der Waals surface area (Å²) in [7, 11) is 0. The number of rotatable bonds is 1. The van der Waals surface area contributed by atoms with Gasteiger partial charge >= 0.3 is 0 Å². The summed E-state index contributed by atoms with van der Waals surface area (Å²) < 4.78 is 1.08. The van der Waals surface area contributed by atoms with Crippen molar-refractivity contribution >= 4 is 48.5 Å². The van der Waals surface area contributed by atoms with E-state index in [0.717, 1.165) is 26.8 Å². The van der Waals surface area contributed by atoms with Crippen molar-refractivity contribution in [2.45, 2.75) is 0 Å². The Hall–Kier alpha value is -2.65. The van der Waals surface area contributed by atoms with E-state index >= 15 is 0 Å². The Balaban J connectivity index is 1.91. The summed E-state index contributed by atoms with van der Waals surface area (Å²) in [6.07, 6.45) is 1.90. The zero-order valence-electron chi connectivity index (χ0n) is 12.8. The van der Waals surface area contributed by atoms with Crippen LogP contribution in [0.15, 0.2) is 77.4 Å². The number of benzene rings is 3. The minimum absolute atomic E-state index is 0.997. The first-order chi connectivity index (χ1) is 11.8. The van der Waals surface area contributed by atoms with Gasteiger partial charge in [0.2, 0.25) is 0 Å². The molecule has 24 heavy (non-hydrogen) atoms. The normalized spacial score (nSPS) is 11.5. The molecule has 0 unspecified atom stereocenters. The van der Waals surface area contributed by atoms with Crippen molar-refractivity contribution in [3.8, 4) is 11.3 Å². The Kier molecular flexibility index (Phi) is 2.97. The molecule has 0 saturated carbocycles. The van der Waals surface area contributed by atoms with Crippen LogP contribution in [-0.2, 0) is 0 Å². The van der Waals surface area contributed by atoms with E-state index in [1.807, 2.05) is 6.20 Å². The summed E-state index contributed by atoms with van der Waals surface area (Å²) >= 11 is 3.57. The molecule has 0 saturated heterocycles. The van der Waals surface area contributed by atoms with Gasteiger partial charge in [-0.05, 0) is 35.0 Å². The largest absolute Gasteiger partial charge is 0.353 e. The fourth-order valence-electron chi connectivity index (χ4n) is 3.43. The van der Waals surface area contributed by atoms with Crippen LogP contribution < -0.4 is 0 Å². The second-order valence-electron chi connectivity index (χ2n) is 5.92. The summed E-state index contributed by atoms with van der Waals surface area (Å²) in [6.45, 7) is 0. The van der Waals surface area contributed by atoms with Gasteiger partial charge in [0.15, 0.2) is 0 Å².